The molecule has 14 heteroatoms. The maximum atomic E-state index is 14.2. The van der Waals surface area contributed by atoms with Crippen molar-refractivity contribution in [1.29, 1.82) is 0 Å². The Morgan fingerprint density at radius 2 is 1.35 bits per heavy atom. The number of carbonyl (C=O) groups excluding carboxylic acids is 1. The number of nitrogens with zero attached hydrogens (tertiary/aromatic N) is 1. The van der Waals surface area contributed by atoms with Crippen molar-refractivity contribution in [3.8, 4) is 11.1 Å². The third-order valence-electron chi connectivity index (χ3n) is 8.94. The zero-order valence-corrected chi connectivity index (χ0v) is 26.3. The third kappa shape index (κ3) is 7.73. The number of ether oxygens (including phenoxy) is 1. The van der Waals surface area contributed by atoms with E-state index >= 15 is 0 Å². The van der Waals surface area contributed by atoms with Gasteiger partial charge in [-0.15, -0.1) is 0 Å². The highest BCUT2D eigenvalue weighted by atomic mass is 19.4. The highest BCUT2D eigenvalue weighted by molar-refractivity contribution is 5.88. The van der Waals surface area contributed by atoms with E-state index in [1.54, 1.807) is 0 Å². The molecule has 0 spiro atoms. The lowest BCUT2D eigenvalue weighted by Gasteiger charge is -2.35. The van der Waals surface area contributed by atoms with Crippen molar-refractivity contribution in [3.05, 3.63) is 99.6 Å². The molecule has 2 unspecified atom stereocenters. The van der Waals surface area contributed by atoms with Crippen LogP contribution in [-0.2, 0) is 23.3 Å². The highest BCUT2D eigenvalue weighted by Crippen LogP contribution is 2.46. The van der Waals surface area contributed by atoms with Crippen molar-refractivity contribution >= 4 is 17.6 Å². The van der Waals surface area contributed by atoms with Crippen LogP contribution in [0.15, 0.2) is 66.2 Å². The summed E-state index contributed by atoms with van der Waals surface area (Å²) >= 11 is 0. The van der Waals surface area contributed by atoms with Gasteiger partial charge in [-0.1, -0.05) is 26.0 Å². The van der Waals surface area contributed by atoms with Crippen LogP contribution in [0.4, 0.5) is 44.3 Å². The smallest absolute Gasteiger partial charge is 0.416 e. The van der Waals surface area contributed by atoms with E-state index in [-0.39, 0.29) is 34.7 Å². The predicted octanol–water partition coefficient (Wildman–Crippen LogP) is 10.7. The normalized spacial score (nSPS) is 20.1. The van der Waals surface area contributed by atoms with Gasteiger partial charge in [0.1, 0.15) is 6.10 Å². The Labute approximate surface area is 275 Å². The standard InChI is InChI=1S/C35H30F9NO4/c1-18-29(23-13-26(34(39,40)41)15-27(14-23)35(42,43)44)49-31(48)45(18)17-24-16-32(2,3)9-8-28(24)22-10-21(11-25(12-22)33(36,37)38)19-4-6-20(7-5-19)30(46)47/h4-7,10-15,18,29H,8-9,16-17H2,1-3H3,(H,46,47). The number of hydrogen-bond donors (Lipinski definition) is 1. The molecule has 1 saturated heterocycles. The summed E-state index contributed by atoms with van der Waals surface area (Å²) in [6, 6.07) is 8.74. The number of allylic oxidation sites excluding steroid dienone is 1. The van der Waals surface area contributed by atoms with E-state index in [9.17, 15) is 54.2 Å². The number of carboxylic acid groups (broad SMARTS) is 1. The molecule has 1 aliphatic carbocycles. The minimum absolute atomic E-state index is 0.0201. The summed E-state index contributed by atoms with van der Waals surface area (Å²) < 4.78 is 129. The molecule has 0 radical (unpaired) electrons. The van der Waals surface area contributed by atoms with Crippen LogP contribution in [0.5, 0.6) is 0 Å². The second-order valence-corrected chi connectivity index (χ2v) is 13.1. The van der Waals surface area contributed by atoms with E-state index in [2.05, 4.69) is 0 Å². The van der Waals surface area contributed by atoms with Crippen LogP contribution in [0.25, 0.3) is 16.7 Å². The fraction of sp³-hybridized carbons (Fsp3) is 0.371. The Hall–Kier alpha value is -4.49. The first kappa shape index (κ1) is 35.8. The molecule has 0 bridgehead atoms. The summed E-state index contributed by atoms with van der Waals surface area (Å²) in [6.07, 6.45) is -16.3. The molecule has 1 N–H and O–H groups in total. The molecule has 1 aliphatic heterocycles. The fourth-order valence-corrected chi connectivity index (χ4v) is 6.36. The molecular weight excluding hydrogens is 669 g/mol. The Kier molecular flexibility index (Phi) is 9.09. The molecule has 3 aromatic carbocycles. The van der Waals surface area contributed by atoms with Crippen molar-refractivity contribution in [2.45, 2.75) is 70.7 Å². The number of halogens is 9. The van der Waals surface area contributed by atoms with Gasteiger partial charge >= 0.3 is 30.6 Å². The highest BCUT2D eigenvalue weighted by Gasteiger charge is 2.44. The monoisotopic (exact) mass is 699 g/mol. The second-order valence-electron chi connectivity index (χ2n) is 13.1. The van der Waals surface area contributed by atoms with E-state index in [1.165, 1.54) is 37.3 Å². The molecular formula is C35H30F9NO4. The topological polar surface area (TPSA) is 66.8 Å². The van der Waals surface area contributed by atoms with Gasteiger partial charge in [-0.3, -0.25) is 4.90 Å². The number of cyclic esters (lactones) is 1. The number of alkyl halides is 9. The first-order valence-corrected chi connectivity index (χ1v) is 15.1. The van der Waals surface area contributed by atoms with Crippen LogP contribution in [0.3, 0.4) is 0 Å². The summed E-state index contributed by atoms with van der Waals surface area (Å²) in [5.41, 5.74) is -3.22. The summed E-state index contributed by atoms with van der Waals surface area (Å²) in [5, 5.41) is 9.22. The van der Waals surface area contributed by atoms with Crippen LogP contribution in [-0.4, -0.2) is 34.7 Å². The van der Waals surface area contributed by atoms with Crippen LogP contribution >= 0.6 is 0 Å². The van der Waals surface area contributed by atoms with E-state index in [0.717, 1.165) is 17.0 Å². The van der Waals surface area contributed by atoms with Crippen LogP contribution in [0.1, 0.15) is 84.3 Å². The predicted molar refractivity (Wildman–Crippen MR) is 160 cm³/mol. The van der Waals surface area contributed by atoms with Gasteiger partial charge in [0.2, 0.25) is 0 Å². The Morgan fingerprint density at radius 1 is 0.816 bits per heavy atom. The lowest BCUT2D eigenvalue weighted by Crippen LogP contribution is -2.35. The molecule has 0 aromatic heterocycles. The number of amides is 1. The summed E-state index contributed by atoms with van der Waals surface area (Å²) in [6.45, 7) is 5.09. The molecule has 3 aromatic rings. The van der Waals surface area contributed by atoms with Crippen molar-refractivity contribution < 1.29 is 58.9 Å². The van der Waals surface area contributed by atoms with Crippen LogP contribution in [0.2, 0.25) is 0 Å². The largest absolute Gasteiger partial charge is 0.478 e. The summed E-state index contributed by atoms with van der Waals surface area (Å²) in [5.74, 6) is -1.21. The molecule has 2 atom stereocenters. The first-order chi connectivity index (χ1) is 22.5. The average Bonchev–Trinajstić information content (AvgIpc) is 3.27. The van der Waals surface area contributed by atoms with Gasteiger partial charge in [-0.25, -0.2) is 9.59 Å². The zero-order valence-electron chi connectivity index (χ0n) is 26.3. The molecule has 5 nitrogen and oxygen atoms in total. The molecule has 5 rings (SSSR count). The third-order valence-corrected chi connectivity index (χ3v) is 8.94. The number of aromatic carboxylic acids is 1. The molecule has 49 heavy (non-hydrogen) atoms. The maximum Gasteiger partial charge on any atom is 0.416 e. The van der Waals surface area contributed by atoms with Crippen molar-refractivity contribution in [2.75, 3.05) is 6.54 Å². The molecule has 1 amide bonds. The number of hydrogen-bond acceptors (Lipinski definition) is 3. The van der Waals surface area contributed by atoms with Gasteiger partial charge < -0.3 is 9.84 Å². The minimum Gasteiger partial charge on any atom is -0.478 e. The van der Waals surface area contributed by atoms with Gasteiger partial charge in [0.15, 0.2) is 0 Å². The van der Waals surface area contributed by atoms with E-state index in [0.29, 0.717) is 48.1 Å². The van der Waals surface area contributed by atoms with Gasteiger partial charge in [-0.2, -0.15) is 39.5 Å². The van der Waals surface area contributed by atoms with Gasteiger partial charge in [-0.05, 0) is 114 Å². The number of rotatable bonds is 6. The zero-order chi connectivity index (χ0) is 36.3. The number of carboxylic acids is 1. The average molecular weight is 700 g/mol. The Bertz CT molecular complexity index is 1770. The van der Waals surface area contributed by atoms with Gasteiger partial charge in [0, 0.05) is 6.54 Å². The number of benzene rings is 3. The molecule has 2 aliphatic rings. The SMILES string of the molecule is CC1C(c2cc(C(F)(F)F)cc(C(F)(F)F)c2)OC(=O)N1CC1=C(c2cc(-c3ccc(C(=O)O)cc3)cc(C(F)(F)F)c2)CCC(C)(C)C1. The second kappa shape index (κ2) is 12.4. The molecule has 0 saturated carbocycles. The van der Waals surface area contributed by atoms with Gasteiger partial charge in [0.25, 0.3) is 0 Å². The van der Waals surface area contributed by atoms with E-state index < -0.39 is 65.0 Å². The molecule has 1 fully saturated rings. The quantitative estimate of drug-likeness (QED) is 0.260. The number of carbonyl (C=O) groups is 2. The van der Waals surface area contributed by atoms with E-state index in [1.807, 2.05) is 13.8 Å². The minimum atomic E-state index is -5.11. The Morgan fingerprint density at radius 3 is 1.88 bits per heavy atom. The van der Waals surface area contributed by atoms with Crippen molar-refractivity contribution in [1.82, 2.24) is 4.90 Å². The maximum absolute atomic E-state index is 14.2. The Balaban J connectivity index is 1.56. The van der Waals surface area contributed by atoms with Crippen molar-refractivity contribution in [2.24, 2.45) is 5.41 Å². The van der Waals surface area contributed by atoms with Gasteiger partial charge in [0.05, 0.1) is 28.3 Å². The van der Waals surface area contributed by atoms with Crippen LogP contribution in [0, 0.1) is 5.41 Å². The fourth-order valence-electron chi connectivity index (χ4n) is 6.36. The molecule has 262 valence electrons. The van der Waals surface area contributed by atoms with Crippen molar-refractivity contribution in [3.63, 3.8) is 0 Å². The lowest BCUT2D eigenvalue weighted by atomic mass is 9.72. The first-order valence-electron chi connectivity index (χ1n) is 15.1. The van der Waals surface area contributed by atoms with E-state index in [4.69, 9.17) is 4.74 Å². The molecule has 1 heterocycles. The van der Waals surface area contributed by atoms with Crippen LogP contribution < -0.4 is 0 Å². The lowest BCUT2D eigenvalue weighted by molar-refractivity contribution is -0.143. The summed E-state index contributed by atoms with van der Waals surface area (Å²) in [4.78, 5) is 25.6. The summed E-state index contributed by atoms with van der Waals surface area (Å²) in [7, 11) is 0.